The van der Waals surface area contributed by atoms with Gasteiger partial charge in [0.15, 0.2) is 5.82 Å². The zero-order valence-electron chi connectivity index (χ0n) is 10.00. The summed E-state index contributed by atoms with van der Waals surface area (Å²) in [6, 6.07) is 3.74. The van der Waals surface area contributed by atoms with Crippen LogP contribution in [0.25, 0.3) is 5.69 Å². The maximum Gasteiger partial charge on any atom is 0.226 e. The SMILES string of the molecule is Cc1cn(-c2cccnc2)nc1NC(=O)CCS. The third-order valence-corrected chi connectivity index (χ3v) is 2.63. The lowest BCUT2D eigenvalue weighted by Gasteiger charge is -2.01. The molecule has 0 aliphatic carbocycles. The Hall–Kier alpha value is -1.82. The molecule has 0 bridgehead atoms. The van der Waals surface area contributed by atoms with Gasteiger partial charge >= 0.3 is 0 Å². The van der Waals surface area contributed by atoms with Gasteiger partial charge in [0.1, 0.15) is 0 Å². The fourth-order valence-corrected chi connectivity index (χ4v) is 1.70. The monoisotopic (exact) mass is 262 g/mol. The first-order valence-corrected chi connectivity index (χ1v) is 6.21. The minimum absolute atomic E-state index is 0.0791. The number of thiol groups is 1. The van der Waals surface area contributed by atoms with E-state index < -0.39 is 0 Å². The Morgan fingerprint density at radius 1 is 1.56 bits per heavy atom. The van der Waals surface area contributed by atoms with E-state index in [1.54, 1.807) is 17.1 Å². The van der Waals surface area contributed by atoms with Gasteiger partial charge in [0.25, 0.3) is 0 Å². The first kappa shape index (κ1) is 12.6. The van der Waals surface area contributed by atoms with Crippen molar-refractivity contribution in [3.63, 3.8) is 0 Å². The minimum Gasteiger partial charge on any atom is -0.309 e. The normalized spacial score (nSPS) is 10.3. The fraction of sp³-hybridized carbons (Fsp3) is 0.250. The Bertz CT molecular complexity index is 538. The van der Waals surface area contributed by atoms with Crippen LogP contribution in [0.4, 0.5) is 5.82 Å². The Morgan fingerprint density at radius 2 is 2.39 bits per heavy atom. The van der Waals surface area contributed by atoms with Gasteiger partial charge in [0.2, 0.25) is 5.91 Å². The van der Waals surface area contributed by atoms with E-state index >= 15 is 0 Å². The molecule has 0 saturated heterocycles. The number of amides is 1. The lowest BCUT2D eigenvalue weighted by molar-refractivity contribution is -0.115. The first-order valence-electron chi connectivity index (χ1n) is 5.58. The number of nitrogens with one attached hydrogen (secondary N) is 1. The zero-order chi connectivity index (χ0) is 13.0. The Balaban J connectivity index is 2.20. The number of pyridine rings is 1. The molecule has 0 saturated carbocycles. The van der Waals surface area contributed by atoms with Gasteiger partial charge in [0, 0.05) is 24.4 Å². The van der Waals surface area contributed by atoms with Crippen molar-refractivity contribution in [3.05, 3.63) is 36.3 Å². The van der Waals surface area contributed by atoms with Gasteiger partial charge in [-0.25, -0.2) is 4.68 Å². The molecule has 2 aromatic rings. The van der Waals surface area contributed by atoms with Crippen LogP contribution in [0.1, 0.15) is 12.0 Å². The summed E-state index contributed by atoms with van der Waals surface area (Å²) in [5.74, 6) is 1.02. The summed E-state index contributed by atoms with van der Waals surface area (Å²) in [6.45, 7) is 1.90. The summed E-state index contributed by atoms with van der Waals surface area (Å²) in [7, 11) is 0. The molecule has 94 valence electrons. The van der Waals surface area contributed by atoms with E-state index in [2.05, 4.69) is 28.0 Å². The van der Waals surface area contributed by atoms with Crippen molar-refractivity contribution in [2.24, 2.45) is 0 Å². The van der Waals surface area contributed by atoms with Crippen LogP contribution in [-0.4, -0.2) is 26.4 Å². The van der Waals surface area contributed by atoms with E-state index in [1.807, 2.05) is 25.3 Å². The second-order valence-corrected chi connectivity index (χ2v) is 4.29. The fourth-order valence-electron chi connectivity index (χ4n) is 1.50. The molecule has 5 nitrogen and oxygen atoms in total. The van der Waals surface area contributed by atoms with Crippen molar-refractivity contribution < 1.29 is 4.79 Å². The first-order chi connectivity index (χ1) is 8.70. The van der Waals surface area contributed by atoms with Crippen molar-refractivity contribution in [1.82, 2.24) is 14.8 Å². The largest absolute Gasteiger partial charge is 0.309 e. The summed E-state index contributed by atoms with van der Waals surface area (Å²) in [4.78, 5) is 15.5. The summed E-state index contributed by atoms with van der Waals surface area (Å²) >= 11 is 4.02. The smallest absolute Gasteiger partial charge is 0.226 e. The third-order valence-electron chi connectivity index (χ3n) is 2.40. The van der Waals surface area contributed by atoms with Crippen molar-refractivity contribution >= 4 is 24.4 Å². The molecule has 1 amide bonds. The summed E-state index contributed by atoms with van der Waals surface area (Å²) in [5, 5.41) is 7.08. The summed E-state index contributed by atoms with van der Waals surface area (Å²) in [6.07, 6.45) is 5.65. The predicted molar refractivity (Wildman–Crippen MR) is 73.2 cm³/mol. The van der Waals surface area contributed by atoms with Crippen molar-refractivity contribution in [2.45, 2.75) is 13.3 Å². The highest BCUT2D eigenvalue weighted by Gasteiger charge is 2.09. The average molecular weight is 262 g/mol. The molecular formula is C12H14N4OS. The Kier molecular flexibility index (Phi) is 3.99. The van der Waals surface area contributed by atoms with Crippen LogP contribution >= 0.6 is 12.6 Å². The molecule has 0 unspecified atom stereocenters. The number of hydrogen-bond acceptors (Lipinski definition) is 4. The topological polar surface area (TPSA) is 59.8 Å². The van der Waals surface area contributed by atoms with Crippen LogP contribution < -0.4 is 5.32 Å². The number of anilines is 1. The van der Waals surface area contributed by atoms with Crippen LogP contribution in [0.2, 0.25) is 0 Å². The van der Waals surface area contributed by atoms with E-state index in [-0.39, 0.29) is 5.91 Å². The summed E-state index contributed by atoms with van der Waals surface area (Å²) in [5.41, 5.74) is 1.77. The van der Waals surface area contributed by atoms with Crippen LogP contribution in [0, 0.1) is 6.92 Å². The van der Waals surface area contributed by atoms with Crippen LogP contribution in [0.15, 0.2) is 30.7 Å². The quantitative estimate of drug-likeness (QED) is 0.826. The molecule has 1 N–H and O–H groups in total. The number of carbonyl (C=O) groups excluding carboxylic acids is 1. The molecule has 6 heteroatoms. The number of carbonyl (C=O) groups is 1. The van der Waals surface area contributed by atoms with E-state index in [0.717, 1.165) is 11.3 Å². The molecule has 2 aromatic heterocycles. The summed E-state index contributed by atoms with van der Waals surface area (Å²) < 4.78 is 1.69. The van der Waals surface area contributed by atoms with E-state index in [0.29, 0.717) is 18.0 Å². The lowest BCUT2D eigenvalue weighted by atomic mass is 10.3. The molecule has 0 spiro atoms. The number of hydrogen-bond donors (Lipinski definition) is 2. The highest BCUT2D eigenvalue weighted by molar-refractivity contribution is 7.80. The van der Waals surface area contributed by atoms with Gasteiger partial charge in [-0.05, 0) is 24.8 Å². The van der Waals surface area contributed by atoms with E-state index in [9.17, 15) is 4.79 Å². The van der Waals surface area contributed by atoms with Crippen molar-refractivity contribution in [2.75, 3.05) is 11.1 Å². The number of nitrogens with zero attached hydrogens (tertiary/aromatic N) is 3. The zero-order valence-corrected chi connectivity index (χ0v) is 10.9. The standard InChI is InChI=1S/C12H14N4OS/c1-9-8-16(10-3-2-5-13-7-10)15-12(9)14-11(17)4-6-18/h2-3,5,7-8,18H,4,6H2,1H3,(H,14,15,17). The molecule has 0 fully saturated rings. The molecule has 0 atom stereocenters. The Labute approximate surface area is 111 Å². The van der Waals surface area contributed by atoms with Gasteiger partial charge in [0.05, 0.1) is 11.9 Å². The van der Waals surface area contributed by atoms with Crippen molar-refractivity contribution in [1.29, 1.82) is 0 Å². The van der Waals surface area contributed by atoms with E-state index in [1.165, 1.54) is 0 Å². The third kappa shape index (κ3) is 2.89. The lowest BCUT2D eigenvalue weighted by Crippen LogP contribution is -2.13. The van der Waals surface area contributed by atoms with Crippen molar-refractivity contribution in [3.8, 4) is 5.69 Å². The maximum absolute atomic E-state index is 11.5. The Morgan fingerprint density at radius 3 is 3.06 bits per heavy atom. The number of aryl methyl sites for hydroxylation is 1. The highest BCUT2D eigenvalue weighted by atomic mass is 32.1. The van der Waals surface area contributed by atoms with Crippen LogP contribution in [0.5, 0.6) is 0 Å². The minimum atomic E-state index is -0.0791. The number of rotatable bonds is 4. The second-order valence-electron chi connectivity index (χ2n) is 3.84. The second kappa shape index (κ2) is 5.68. The van der Waals surface area contributed by atoms with Gasteiger partial charge in [-0.1, -0.05) is 0 Å². The van der Waals surface area contributed by atoms with Crippen LogP contribution in [0.3, 0.4) is 0 Å². The molecule has 0 radical (unpaired) electrons. The predicted octanol–water partition coefficient (Wildman–Crippen LogP) is 1.83. The highest BCUT2D eigenvalue weighted by Crippen LogP contribution is 2.15. The molecular weight excluding hydrogens is 248 g/mol. The number of aromatic nitrogens is 3. The van der Waals surface area contributed by atoms with Gasteiger partial charge in [-0.15, -0.1) is 5.10 Å². The molecule has 18 heavy (non-hydrogen) atoms. The van der Waals surface area contributed by atoms with E-state index in [4.69, 9.17) is 0 Å². The molecule has 2 heterocycles. The van der Waals surface area contributed by atoms with Gasteiger partial charge in [-0.2, -0.15) is 12.6 Å². The van der Waals surface area contributed by atoms with Crippen LogP contribution in [-0.2, 0) is 4.79 Å². The molecule has 2 rings (SSSR count). The maximum atomic E-state index is 11.5. The average Bonchev–Trinajstić information content (AvgIpc) is 2.72. The van der Waals surface area contributed by atoms with Gasteiger partial charge < -0.3 is 5.32 Å². The molecule has 0 aliphatic rings. The van der Waals surface area contributed by atoms with Gasteiger partial charge in [-0.3, -0.25) is 9.78 Å². The molecule has 0 aliphatic heterocycles. The molecule has 0 aromatic carbocycles.